The Hall–Kier alpha value is -1.98. The summed E-state index contributed by atoms with van der Waals surface area (Å²) in [6.45, 7) is 2.53. The van der Waals surface area contributed by atoms with Gasteiger partial charge in [-0.3, -0.25) is 4.79 Å². The lowest BCUT2D eigenvalue weighted by Gasteiger charge is -2.36. The van der Waals surface area contributed by atoms with Gasteiger partial charge in [0.05, 0.1) is 5.02 Å². The van der Waals surface area contributed by atoms with Crippen molar-refractivity contribution in [2.24, 2.45) is 0 Å². The molecule has 0 bridgehead atoms. The van der Waals surface area contributed by atoms with Gasteiger partial charge in [0.2, 0.25) is 0 Å². The fraction of sp³-hybridized carbons (Fsp3) is 0.278. The Morgan fingerprint density at radius 3 is 2.52 bits per heavy atom. The standard InChI is InChI=1S/C18H17Cl2FN2O2/c19-13-2-1-3-15(10-13)22-6-8-23(9-7-22)18(24)12-25-17-5-4-14(21)11-16(17)20/h1-5,10-11H,6-9,12H2. The number of anilines is 1. The third kappa shape index (κ3) is 4.55. The van der Waals surface area contributed by atoms with Gasteiger partial charge in [-0.25, -0.2) is 4.39 Å². The van der Waals surface area contributed by atoms with Crippen LogP contribution in [0.3, 0.4) is 0 Å². The Balaban J connectivity index is 1.51. The molecule has 4 nitrogen and oxygen atoms in total. The van der Waals surface area contributed by atoms with Gasteiger partial charge in [-0.05, 0) is 36.4 Å². The van der Waals surface area contributed by atoms with Gasteiger partial charge in [-0.15, -0.1) is 0 Å². The van der Waals surface area contributed by atoms with Crippen LogP contribution in [0.5, 0.6) is 5.75 Å². The van der Waals surface area contributed by atoms with Crippen molar-refractivity contribution < 1.29 is 13.9 Å². The molecule has 132 valence electrons. The molecule has 25 heavy (non-hydrogen) atoms. The molecule has 1 amide bonds. The van der Waals surface area contributed by atoms with Gasteiger partial charge in [-0.1, -0.05) is 29.3 Å². The predicted octanol–water partition coefficient (Wildman–Crippen LogP) is 3.86. The Kier molecular flexibility index (Phi) is 5.66. The van der Waals surface area contributed by atoms with Gasteiger partial charge in [0.15, 0.2) is 6.61 Å². The molecular formula is C18H17Cl2FN2O2. The van der Waals surface area contributed by atoms with E-state index in [2.05, 4.69) is 4.90 Å². The van der Waals surface area contributed by atoms with Crippen LogP contribution in [0.25, 0.3) is 0 Å². The van der Waals surface area contributed by atoms with Crippen LogP contribution in [0.4, 0.5) is 10.1 Å². The van der Waals surface area contributed by atoms with Gasteiger partial charge >= 0.3 is 0 Å². The smallest absolute Gasteiger partial charge is 0.260 e. The highest BCUT2D eigenvalue weighted by atomic mass is 35.5. The van der Waals surface area contributed by atoms with Crippen molar-refractivity contribution in [1.82, 2.24) is 4.90 Å². The first kappa shape index (κ1) is 17.8. The Labute approximate surface area is 155 Å². The molecule has 2 aromatic carbocycles. The second kappa shape index (κ2) is 7.93. The molecule has 0 saturated carbocycles. The lowest BCUT2D eigenvalue weighted by atomic mass is 10.2. The number of hydrogen-bond acceptors (Lipinski definition) is 3. The van der Waals surface area contributed by atoms with Crippen molar-refractivity contribution in [3.63, 3.8) is 0 Å². The summed E-state index contributed by atoms with van der Waals surface area (Å²) in [4.78, 5) is 16.2. The molecule has 1 heterocycles. The van der Waals surface area contributed by atoms with Crippen LogP contribution in [-0.4, -0.2) is 43.6 Å². The van der Waals surface area contributed by atoms with E-state index in [0.29, 0.717) is 23.9 Å². The molecule has 0 aliphatic carbocycles. The van der Waals surface area contributed by atoms with Crippen LogP contribution >= 0.6 is 23.2 Å². The molecule has 7 heteroatoms. The first-order chi connectivity index (χ1) is 12.0. The highest BCUT2D eigenvalue weighted by Crippen LogP contribution is 2.25. The summed E-state index contributed by atoms with van der Waals surface area (Å²) in [5, 5.41) is 0.846. The molecule has 1 saturated heterocycles. The molecule has 1 aliphatic heterocycles. The Morgan fingerprint density at radius 2 is 1.84 bits per heavy atom. The summed E-state index contributed by atoms with van der Waals surface area (Å²) in [5.41, 5.74) is 1.05. The van der Waals surface area contributed by atoms with Crippen molar-refractivity contribution in [1.29, 1.82) is 0 Å². The second-order valence-electron chi connectivity index (χ2n) is 5.71. The van der Waals surface area contributed by atoms with Gasteiger partial charge < -0.3 is 14.5 Å². The molecule has 0 unspecified atom stereocenters. The maximum absolute atomic E-state index is 13.0. The first-order valence-corrected chi connectivity index (χ1v) is 8.64. The number of halogens is 3. The topological polar surface area (TPSA) is 32.8 Å². The van der Waals surface area contributed by atoms with E-state index in [1.165, 1.54) is 12.1 Å². The fourth-order valence-electron chi connectivity index (χ4n) is 2.71. The van der Waals surface area contributed by atoms with Gasteiger partial charge in [0, 0.05) is 36.9 Å². The number of ether oxygens (including phenoxy) is 1. The first-order valence-electron chi connectivity index (χ1n) is 7.89. The van der Waals surface area contributed by atoms with E-state index in [-0.39, 0.29) is 17.5 Å². The normalized spacial score (nSPS) is 14.5. The molecule has 1 fully saturated rings. The van der Waals surface area contributed by atoms with E-state index in [9.17, 15) is 9.18 Å². The van der Waals surface area contributed by atoms with E-state index >= 15 is 0 Å². The zero-order valence-corrected chi connectivity index (χ0v) is 14.9. The zero-order chi connectivity index (χ0) is 17.8. The fourth-order valence-corrected chi connectivity index (χ4v) is 3.12. The van der Waals surface area contributed by atoms with E-state index in [0.717, 1.165) is 24.8 Å². The molecule has 1 aliphatic rings. The minimum Gasteiger partial charge on any atom is -0.482 e. The summed E-state index contributed by atoms with van der Waals surface area (Å²) in [5.74, 6) is -0.263. The number of carbonyl (C=O) groups is 1. The third-order valence-electron chi connectivity index (χ3n) is 4.05. The second-order valence-corrected chi connectivity index (χ2v) is 6.55. The van der Waals surface area contributed by atoms with Crippen LogP contribution in [0.2, 0.25) is 10.0 Å². The number of amides is 1. The van der Waals surface area contributed by atoms with Crippen molar-refractivity contribution in [2.45, 2.75) is 0 Å². The van der Waals surface area contributed by atoms with Crippen molar-refractivity contribution in [3.8, 4) is 5.75 Å². The number of piperazine rings is 1. The number of nitrogens with zero attached hydrogens (tertiary/aromatic N) is 2. The number of hydrogen-bond donors (Lipinski definition) is 0. The van der Waals surface area contributed by atoms with Crippen molar-refractivity contribution >= 4 is 34.8 Å². The van der Waals surface area contributed by atoms with Crippen LogP contribution in [0, 0.1) is 5.82 Å². The Morgan fingerprint density at radius 1 is 1.08 bits per heavy atom. The van der Waals surface area contributed by atoms with Crippen LogP contribution in [-0.2, 0) is 4.79 Å². The summed E-state index contributed by atoms with van der Waals surface area (Å²) in [6.07, 6.45) is 0. The summed E-state index contributed by atoms with van der Waals surface area (Å²) < 4.78 is 18.4. The molecule has 0 N–H and O–H groups in total. The Bertz CT molecular complexity index is 764. The molecule has 0 spiro atoms. The maximum Gasteiger partial charge on any atom is 0.260 e. The summed E-state index contributed by atoms with van der Waals surface area (Å²) >= 11 is 11.9. The number of rotatable bonds is 4. The maximum atomic E-state index is 13.0. The minimum absolute atomic E-state index is 0.119. The molecule has 3 rings (SSSR count). The molecule has 0 atom stereocenters. The van der Waals surface area contributed by atoms with Crippen LogP contribution in [0.15, 0.2) is 42.5 Å². The van der Waals surface area contributed by atoms with Gasteiger partial charge in [0.25, 0.3) is 5.91 Å². The summed E-state index contributed by atoms with van der Waals surface area (Å²) in [6, 6.07) is 11.5. The van der Waals surface area contributed by atoms with E-state index in [1.807, 2.05) is 24.3 Å². The quantitative estimate of drug-likeness (QED) is 0.804. The molecule has 0 aromatic heterocycles. The monoisotopic (exact) mass is 382 g/mol. The van der Waals surface area contributed by atoms with Crippen LogP contribution < -0.4 is 9.64 Å². The molecule has 0 radical (unpaired) electrons. The van der Waals surface area contributed by atoms with Crippen molar-refractivity contribution in [2.75, 3.05) is 37.7 Å². The summed E-state index contributed by atoms with van der Waals surface area (Å²) in [7, 11) is 0. The lowest BCUT2D eigenvalue weighted by molar-refractivity contribution is -0.133. The average Bonchev–Trinajstić information content (AvgIpc) is 2.61. The zero-order valence-electron chi connectivity index (χ0n) is 13.4. The number of benzene rings is 2. The largest absolute Gasteiger partial charge is 0.482 e. The SMILES string of the molecule is O=C(COc1ccc(F)cc1Cl)N1CCN(c2cccc(Cl)c2)CC1. The third-order valence-corrected chi connectivity index (χ3v) is 4.58. The highest BCUT2D eigenvalue weighted by Gasteiger charge is 2.22. The average molecular weight is 383 g/mol. The molecular weight excluding hydrogens is 366 g/mol. The van der Waals surface area contributed by atoms with E-state index in [1.54, 1.807) is 4.90 Å². The van der Waals surface area contributed by atoms with Gasteiger partial charge in [-0.2, -0.15) is 0 Å². The van der Waals surface area contributed by atoms with Gasteiger partial charge in [0.1, 0.15) is 11.6 Å². The predicted molar refractivity (Wildman–Crippen MR) is 97.2 cm³/mol. The molecule has 2 aromatic rings. The minimum atomic E-state index is -0.444. The number of carbonyl (C=O) groups excluding carboxylic acids is 1. The van der Waals surface area contributed by atoms with Crippen molar-refractivity contribution in [3.05, 3.63) is 58.3 Å². The highest BCUT2D eigenvalue weighted by molar-refractivity contribution is 6.32. The van der Waals surface area contributed by atoms with E-state index < -0.39 is 5.82 Å². The van der Waals surface area contributed by atoms with Crippen LogP contribution in [0.1, 0.15) is 0 Å². The van der Waals surface area contributed by atoms with E-state index in [4.69, 9.17) is 27.9 Å². The lowest BCUT2D eigenvalue weighted by Crippen LogP contribution is -2.50.